The smallest absolute Gasteiger partial charge is 0.309 e. The van der Waals surface area contributed by atoms with Gasteiger partial charge in [0.2, 0.25) is 0 Å². The van der Waals surface area contributed by atoms with Gasteiger partial charge in [-0.3, -0.25) is 4.79 Å². The summed E-state index contributed by atoms with van der Waals surface area (Å²) in [4.78, 5) is 28.6. The number of hydrogen-bond donors (Lipinski definition) is 3. The summed E-state index contributed by atoms with van der Waals surface area (Å²) in [6, 6.07) is 4.52. The van der Waals surface area contributed by atoms with Gasteiger partial charge in [-0.15, -0.1) is 0 Å². The van der Waals surface area contributed by atoms with Crippen molar-refractivity contribution >= 4 is 29.2 Å². The van der Waals surface area contributed by atoms with Crippen LogP contribution in [0.1, 0.15) is 85.6 Å². The largest absolute Gasteiger partial charge is 0.481 e. The standard InChI is InChI=1S/C35H48FN3O4/c1-22(2)31(35(9,21-40)26(6)43-20-23(3)18-34(7,8)33(41)42)32(37)39-25(5)24(4)29-16-15-28(36)17-30(29)38-19-27-13-11-10-12-14-27/h15-17,20-21,27,38H,1,4,6,10-14,18-19,37H2,2-3,5,7-9H3,(H,41,42)/b23-20+,32-31+,39-25?. The van der Waals surface area contributed by atoms with Crippen molar-refractivity contribution in [2.24, 2.45) is 27.5 Å². The SMILES string of the molecule is C=C(C)/C(=C(/N)N=C(C)C(=C)c1ccc(F)cc1NCC1CCCCC1)C(C)(C=O)C(=C)O/C=C(\C)CC(C)(C)C(=O)O. The minimum Gasteiger partial charge on any atom is -0.481 e. The molecule has 2 rings (SSSR count). The highest BCUT2D eigenvalue weighted by Gasteiger charge is 2.37. The molecule has 0 spiro atoms. The van der Waals surface area contributed by atoms with E-state index in [-0.39, 0.29) is 23.8 Å². The number of hydrogen-bond acceptors (Lipinski definition) is 6. The van der Waals surface area contributed by atoms with Crippen molar-refractivity contribution in [3.05, 3.63) is 83.9 Å². The first-order valence-electron chi connectivity index (χ1n) is 14.7. The Morgan fingerprint density at radius 1 is 1.16 bits per heavy atom. The molecule has 1 aliphatic carbocycles. The van der Waals surface area contributed by atoms with Gasteiger partial charge in [-0.1, -0.05) is 39.0 Å². The molecule has 1 saturated carbocycles. The second kappa shape index (κ2) is 15.0. The van der Waals surface area contributed by atoms with E-state index >= 15 is 0 Å². The van der Waals surface area contributed by atoms with E-state index in [4.69, 9.17) is 10.5 Å². The topological polar surface area (TPSA) is 114 Å². The number of ether oxygens (including phenoxy) is 1. The molecule has 0 radical (unpaired) electrons. The summed E-state index contributed by atoms with van der Waals surface area (Å²) in [5, 5.41) is 12.8. The second-order valence-electron chi connectivity index (χ2n) is 12.5. The van der Waals surface area contributed by atoms with Gasteiger partial charge in [0.25, 0.3) is 0 Å². The fourth-order valence-electron chi connectivity index (χ4n) is 5.37. The lowest BCUT2D eigenvalue weighted by Gasteiger charge is -2.29. The molecule has 1 aromatic carbocycles. The number of carbonyl (C=O) groups excluding carboxylic acids is 1. The van der Waals surface area contributed by atoms with Crippen molar-refractivity contribution in [3.8, 4) is 0 Å². The zero-order valence-electron chi connectivity index (χ0n) is 26.6. The van der Waals surface area contributed by atoms with Crippen molar-refractivity contribution in [1.82, 2.24) is 0 Å². The van der Waals surface area contributed by atoms with Crippen molar-refractivity contribution in [2.75, 3.05) is 11.9 Å². The third kappa shape index (κ3) is 9.27. The van der Waals surface area contributed by atoms with Crippen LogP contribution >= 0.6 is 0 Å². The third-order valence-electron chi connectivity index (χ3n) is 8.06. The molecule has 234 valence electrons. The molecular weight excluding hydrogens is 545 g/mol. The number of halogens is 1. The first-order valence-corrected chi connectivity index (χ1v) is 14.7. The molecule has 43 heavy (non-hydrogen) atoms. The van der Waals surface area contributed by atoms with E-state index in [9.17, 15) is 19.1 Å². The fourth-order valence-corrected chi connectivity index (χ4v) is 5.37. The molecule has 0 saturated heterocycles. The number of nitrogens with two attached hydrogens (primary N) is 1. The maximum atomic E-state index is 14.2. The Morgan fingerprint density at radius 2 is 1.79 bits per heavy atom. The molecule has 1 unspecified atom stereocenters. The number of carboxylic acids is 1. The molecule has 4 N–H and O–H groups in total. The monoisotopic (exact) mass is 593 g/mol. The number of nitrogens with zero attached hydrogens (tertiary/aromatic N) is 1. The number of aldehydes is 1. The van der Waals surface area contributed by atoms with E-state index < -0.39 is 16.8 Å². The number of nitrogens with one attached hydrogen (secondary N) is 1. The second-order valence-corrected chi connectivity index (χ2v) is 12.5. The van der Waals surface area contributed by atoms with Crippen LogP contribution in [0.3, 0.4) is 0 Å². The van der Waals surface area contributed by atoms with Gasteiger partial charge >= 0.3 is 5.97 Å². The van der Waals surface area contributed by atoms with E-state index in [1.165, 1.54) is 37.7 Å². The average molecular weight is 594 g/mol. The Morgan fingerprint density at radius 3 is 2.35 bits per heavy atom. The molecule has 8 heteroatoms. The van der Waals surface area contributed by atoms with E-state index in [1.54, 1.807) is 47.6 Å². The van der Waals surface area contributed by atoms with Crippen LogP contribution in [0.2, 0.25) is 0 Å². The summed E-state index contributed by atoms with van der Waals surface area (Å²) in [5.41, 5.74) is 7.96. The summed E-state index contributed by atoms with van der Waals surface area (Å²) in [6.07, 6.45) is 8.32. The van der Waals surface area contributed by atoms with Crippen LogP contribution < -0.4 is 11.1 Å². The van der Waals surface area contributed by atoms with Crippen LogP contribution in [-0.2, 0) is 14.3 Å². The lowest BCUT2D eigenvalue weighted by atomic mass is 9.78. The highest BCUT2D eigenvalue weighted by molar-refractivity contribution is 6.23. The number of aliphatic imine (C=N–C) groups is 1. The van der Waals surface area contributed by atoms with Gasteiger partial charge in [0, 0.05) is 29.1 Å². The molecule has 0 bridgehead atoms. The molecule has 7 nitrogen and oxygen atoms in total. The number of rotatable bonds is 15. The number of allylic oxidation sites excluding steroid dienone is 4. The number of benzene rings is 1. The third-order valence-corrected chi connectivity index (χ3v) is 8.06. The quantitative estimate of drug-likeness (QED) is 0.0818. The fraction of sp³-hybridized carbons (Fsp3) is 0.457. The van der Waals surface area contributed by atoms with Crippen LogP contribution in [0.5, 0.6) is 0 Å². The first kappa shape index (κ1) is 35.3. The summed E-state index contributed by atoms with van der Waals surface area (Å²) in [7, 11) is 0. The molecule has 0 amide bonds. The Hall–Kier alpha value is -3.94. The zero-order valence-corrected chi connectivity index (χ0v) is 26.6. The Balaban J connectivity index is 2.38. The van der Waals surface area contributed by atoms with E-state index in [1.807, 2.05) is 0 Å². The number of carboxylic acid groups (broad SMARTS) is 1. The van der Waals surface area contributed by atoms with E-state index in [0.29, 0.717) is 51.5 Å². The summed E-state index contributed by atoms with van der Waals surface area (Å²) in [6.45, 7) is 23.0. The maximum absolute atomic E-state index is 14.2. The van der Waals surface area contributed by atoms with Gasteiger partial charge in [-0.25, -0.2) is 9.38 Å². The molecule has 1 atom stereocenters. The summed E-state index contributed by atoms with van der Waals surface area (Å²) < 4.78 is 20.0. The van der Waals surface area contributed by atoms with Gasteiger partial charge in [0.15, 0.2) is 0 Å². The average Bonchev–Trinajstić information content (AvgIpc) is 2.94. The molecule has 1 fully saturated rings. The molecule has 0 aliphatic heterocycles. The molecule has 1 aromatic rings. The van der Waals surface area contributed by atoms with Gasteiger partial charge in [0.1, 0.15) is 29.1 Å². The van der Waals surface area contributed by atoms with Crippen LogP contribution in [0.25, 0.3) is 5.57 Å². The predicted molar refractivity (Wildman–Crippen MR) is 174 cm³/mol. The van der Waals surface area contributed by atoms with Gasteiger partial charge in [-0.2, -0.15) is 0 Å². The number of carbonyl (C=O) groups is 2. The predicted octanol–water partition coefficient (Wildman–Crippen LogP) is 8.18. The van der Waals surface area contributed by atoms with E-state index in [0.717, 1.165) is 19.4 Å². The zero-order chi connectivity index (χ0) is 32.5. The Labute approximate surface area is 256 Å². The minimum atomic E-state index is -1.41. The number of aliphatic carboxylic acids is 1. The van der Waals surface area contributed by atoms with Gasteiger partial charge < -0.3 is 25.7 Å². The Bertz CT molecular complexity index is 1350. The molecule has 1 aliphatic rings. The highest BCUT2D eigenvalue weighted by Crippen LogP contribution is 2.39. The van der Waals surface area contributed by atoms with Crippen LogP contribution in [-0.4, -0.2) is 29.6 Å². The summed E-state index contributed by atoms with van der Waals surface area (Å²) >= 11 is 0. The van der Waals surface area contributed by atoms with Crippen molar-refractivity contribution < 1.29 is 23.8 Å². The van der Waals surface area contributed by atoms with Crippen LogP contribution in [0.4, 0.5) is 10.1 Å². The van der Waals surface area contributed by atoms with Crippen molar-refractivity contribution in [3.63, 3.8) is 0 Å². The number of anilines is 1. The van der Waals surface area contributed by atoms with Crippen LogP contribution in [0, 0.1) is 22.6 Å². The van der Waals surface area contributed by atoms with E-state index in [2.05, 4.69) is 30.0 Å². The van der Waals surface area contributed by atoms with Gasteiger partial charge in [0.05, 0.1) is 11.7 Å². The first-order chi connectivity index (χ1) is 20.0. The van der Waals surface area contributed by atoms with Gasteiger partial charge in [-0.05, 0) is 102 Å². The Kier molecular flexibility index (Phi) is 12.3. The normalized spacial score (nSPS) is 16.9. The van der Waals surface area contributed by atoms with Crippen LogP contribution in [0.15, 0.2) is 77.5 Å². The van der Waals surface area contributed by atoms with Crippen molar-refractivity contribution in [1.29, 1.82) is 0 Å². The molecular formula is C35H48FN3O4. The lowest BCUT2D eigenvalue weighted by Crippen LogP contribution is -2.28. The van der Waals surface area contributed by atoms with Crippen molar-refractivity contribution in [2.45, 2.75) is 80.1 Å². The lowest BCUT2D eigenvalue weighted by molar-refractivity contribution is -0.146. The minimum absolute atomic E-state index is 0.0389. The maximum Gasteiger partial charge on any atom is 0.309 e. The summed E-state index contributed by atoms with van der Waals surface area (Å²) in [5.74, 6) is -0.618. The molecule has 0 aromatic heterocycles. The molecule has 0 heterocycles. The highest BCUT2D eigenvalue weighted by atomic mass is 19.1.